The van der Waals surface area contributed by atoms with E-state index >= 15 is 0 Å². The second-order valence-corrected chi connectivity index (χ2v) is 6.31. The van der Waals surface area contributed by atoms with Crippen LogP contribution in [0, 0.1) is 0 Å². The topological polar surface area (TPSA) is 68.1 Å². The van der Waals surface area contributed by atoms with E-state index in [0.29, 0.717) is 12.5 Å². The summed E-state index contributed by atoms with van der Waals surface area (Å²) >= 11 is 0. The molecule has 0 aliphatic carbocycles. The van der Waals surface area contributed by atoms with Gasteiger partial charge in [0.2, 0.25) is 5.95 Å². The average molecular weight is 350 g/mol. The Morgan fingerprint density at radius 1 is 0.923 bits per heavy atom. The fraction of sp³-hybridized carbons (Fsp3) is 0.316. The Bertz CT molecular complexity index is 812. The number of nitrogens with zero attached hydrogens (tertiary/aromatic N) is 5. The van der Waals surface area contributed by atoms with Gasteiger partial charge in [-0.2, -0.15) is 4.68 Å². The SMILES string of the molecule is c1ccc(-n2nnnc2NCc2ccc(CN3CCOCC3)cc2)cc1. The standard InChI is InChI=1S/C19H22N6O/c1-2-4-18(5-3-1)25-19(21-22-23-25)20-14-16-6-8-17(9-7-16)15-24-10-12-26-13-11-24/h1-9H,10-15H2,(H,20,21,23). The molecule has 0 spiro atoms. The molecule has 0 atom stereocenters. The van der Waals surface area contributed by atoms with Gasteiger partial charge in [0.15, 0.2) is 0 Å². The van der Waals surface area contributed by atoms with Gasteiger partial charge in [0.05, 0.1) is 18.9 Å². The van der Waals surface area contributed by atoms with Crippen LogP contribution in [0.3, 0.4) is 0 Å². The zero-order chi connectivity index (χ0) is 17.6. The number of aromatic nitrogens is 4. The van der Waals surface area contributed by atoms with Crippen molar-refractivity contribution in [2.75, 3.05) is 31.6 Å². The van der Waals surface area contributed by atoms with Crippen molar-refractivity contribution in [2.24, 2.45) is 0 Å². The molecule has 7 nitrogen and oxygen atoms in total. The van der Waals surface area contributed by atoms with Crippen LogP contribution >= 0.6 is 0 Å². The van der Waals surface area contributed by atoms with Crippen molar-refractivity contribution in [1.29, 1.82) is 0 Å². The smallest absolute Gasteiger partial charge is 0.248 e. The molecule has 2 aromatic carbocycles. The van der Waals surface area contributed by atoms with Crippen molar-refractivity contribution in [3.8, 4) is 5.69 Å². The number of anilines is 1. The molecule has 0 saturated carbocycles. The van der Waals surface area contributed by atoms with Crippen LogP contribution in [0.1, 0.15) is 11.1 Å². The molecule has 134 valence electrons. The van der Waals surface area contributed by atoms with Crippen molar-refractivity contribution in [2.45, 2.75) is 13.1 Å². The molecule has 0 radical (unpaired) electrons. The number of nitrogens with one attached hydrogen (secondary N) is 1. The Kier molecular flexibility index (Phi) is 5.18. The van der Waals surface area contributed by atoms with Crippen molar-refractivity contribution >= 4 is 5.95 Å². The zero-order valence-electron chi connectivity index (χ0n) is 14.6. The third-order valence-corrected chi connectivity index (χ3v) is 4.45. The van der Waals surface area contributed by atoms with Crippen molar-refractivity contribution in [1.82, 2.24) is 25.1 Å². The van der Waals surface area contributed by atoms with Crippen molar-refractivity contribution in [3.63, 3.8) is 0 Å². The van der Waals surface area contributed by atoms with Gasteiger partial charge in [0.25, 0.3) is 0 Å². The molecule has 1 aliphatic heterocycles. The number of hydrogen-bond acceptors (Lipinski definition) is 6. The normalized spacial score (nSPS) is 15.1. The largest absolute Gasteiger partial charge is 0.379 e. The zero-order valence-corrected chi connectivity index (χ0v) is 14.6. The summed E-state index contributed by atoms with van der Waals surface area (Å²) in [7, 11) is 0. The number of morpholine rings is 1. The number of ether oxygens (including phenoxy) is 1. The van der Waals surface area contributed by atoms with Gasteiger partial charge >= 0.3 is 0 Å². The summed E-state index contributed by atoms with van der Waals surface area (Å²) in [5.41, 5.74) is 3.45. The Balaban J connectivity index is 1.36. The predicted octanol–water partition coefficient (Wildman–Crippen LogP) is 2.11. The lowest BCUT2D eigenvalue weighted by atomic mass is 10.1. The average Bonchev–Trinajstić information content (AvgIpc) is 3.18. The number of tetrazole rings is 1. The minimum absolute atomic E-state index is 0.633. The molecule has 2 heterocycles. The van der Waals surface area contributed by atoms with Gasteiger partial charge in [-0.3, -0.25) is 4.90 Å². The van der Waals surface area contributed by atoms with Crippen LogP contribution in [0.2, 0.25) is 0 Å². The Morgan fingerprint density at radius 2 is 1.65 bits per heavy atom. The van der Waals surface area contributed by atoms with E-state index < -0.39 is 0 Å². The monoisotopic (exact) mass is 350 g/mol. The number of hydrogen-bond donors (Lipinski definition) is 1. The third-order valence-electron chi connectivity index (χ3n) is 4.45. The van der Waals surface area contributed by atoms with E-state index in [2.05, 4.69) is 50.0 Å². The highest BCUT2D eigenvalue weighted by Crippen LogP contribution is 2.13. The van der Waals surface area contributed by atoms with Crippen LogP contribution < -0.4 is 5.32 Å². The maximum atomic E-state index is 5.40. The van der Waals surface area contributed by atoms with Crippen LogP contribution in [0.25, 0.3) is 5.69 Å². The summed E-state index contributed by atoms with van der Waals surface area (Å²) in [6.45, 7) is 5.32. The summed E-state index contributed by atoms with van der Waals surface area (Å²) in [5, 5.41) is 15.2. The molecule has 0 bridgehead atoms. The quantitative estimate of drug-likeness (QED) is 0.734. The summed E-state index contributed by atoms with van der Waals surface area (Å²) in [6.07, 6.45) is 0. The molecule has 0 amide bonds. The molecule has 26 heavy (non-hydrogen) atoms. The molecule has 3 aromatic rings. The first-order valence-electron chi connectivity index (χ1n) is 8.84. The first kappa shape index (κ1) is 16.7. The fourth-order valence-corrected chi connectivity index (χ4v) is 3.00. The fourth-order valence-electron chi connectivity index (χ4n) is 3.00. The molecule has 1 aromatic heterocycles. The van der Waals surface area contributed by atoms with E-state index in [1.54, 1.807) is 4.68 Å². The van der Waals surface area contributed by atoms with E-state index in [0.717, 1.165) is 38.5 Å². The Morgan fingerprint density at radius 3 is 2.42 bits per heavy atom. The molecular weight excluding hydrogens is 328 g/mol. The van der Waals surface area contributed by atoms with Gasteiger partial charge in [-0.05, 0) is 33.7 Å². The van der Waals surface area contributed by atoms with E-state index in [4.69, 9.17) is 4.74 Å². The van der Waals surface area contributed by atoms with Gasteiger partial charge in [-0.15, -0.1) is 0 Å². The van der Waals surface area contributed by atoms with E-state index in [-0.39, 0.29) is 0 Å². The summed E-state index contributed by atoms with van der Waals surface area (Å²) < 4.78 is 7.10. The van der Waals surface area contributed by atoms with Crippen LogP contribution in [0.4, 0.5) is 5.95 Å². The number of para-hydroxylation sites is 1. The lowest BCUT2D eigenvalue weighted by molar-refractivity contribution is 0.0342. The Hall–Kier alpha value is -2.77. The summed E-state index contributed by atoms with van der Waals surface area (Å²) in [4.78, 5) is 2.42. The number of rotatable bonds is 6. The van der Waals surface area contributed by atoms with Crippen molar-refractivity contribution < 1.29 is 4.74 Å². The van der Waals surface area contributed by atoms with Crippen molar-refractivity contribution in [3.05, 3.63) is 65.7 Å². The van der Waals surface area contributed by atoms with E-state index in [9.17, 15) is 0 Å². The van der Waals surface area contributed by atoms with E-state index in [1.807, 2.05) is 30.3 Å². The van der Waals surface area contributed by atoms with Crippen LogP contribution in [0.5, 0.6) is 0 Å². The van der Waals surface area contributed by atoms with Crippen LogP contribution in [0.15, 0.2) is 54.6 Å². The molecule has 1 N–H and O–H groups in total. The van der Waals surface area contributed by atoms with Gasteiger partial charge in [-0.25, -0.2) is 0 Å². The first-order valence-corrected chi connectivity index (χ1v) is 8.84. The number of benzene rings is 2. The lowest BCUT2D eigenvalue weighted by Crippen LogP contribution is -2.35. The maximum absolute atomic E-state index is 5.40. The molecule has 0 unspecified atom stereocenters. The first-order chi connectivity index (χ1) is 12.9. The molecular formula is C19H22N6O. The van der Waals surface area contributed by atoms with Gasteiger partial charge in [0.1, 0.15) is 0 Å². The highest BCUT2D eigenvalue weighted by molar-refractivity contribution is 5.39. The Labute approximate surface area is 152 Å². The minimum atomic E-state index is 0.633. The summed E-state index contributed by atoms with van der Waals surface area (Å²) in [6, 6.07) is 18.5. The molecule has 1 fully saturated rings. The van der Waals surface area contributed by atoms with Crippen LogP contribution in [-0.2, 0) is 17.8 Å². The molecule has 1 saturated heterocycles. The second-order valence-electron chi connectivity index (χ2n) is 6.31. The van der Waals surface area contributed by atoms with Gasteiger partial charge < -0.3 is 10.1 Å². The van der Waals surface area contributed by atoms with E-state index in [1.165, 1.54) is 11.1 Å². The summed E-state index contributed by atoms with van der Waals surface area (Å²) in [5.74, 6) is 0.633. The lowest BCUT2D eigenvalue weighted by Gasteiger charge is -2.26. The maximum Gasteiger partial charge on any atom is 0.248 e. The minimum Gasteiger partial charge on any atom is -0.379 e. The van der Waals surface area contributed by atoms with Gasteiger partial charge in [0, 0.05) is 26.2 Å². The molecule has 7 heteroatoms. The highest BCUT2D eigenvalue weighted by atomic mass is 16.5. The van der Waals surface area contributed by atoms with Crippen LogP contribution in [-0.4, -0.2) is 51.4 Å². The van der Waals surface area contributed by atoms with Gasteiger partial charge in [-0.1, -0.05) is 47.6 Å². The second kappa shape index (κ2) is 8.07. The third kappa shape index (κ3) is 4.07. The molecule has 1 aliphatic rings. The molecule has 4 rings (SSSR count). The highest BCUT2D eigenvalue weighted by Gasteiger charge is 2.11. The predicted molar refractivity (Wildman–Crippen MR) is 99.0 cm³/mol.